The Hall–Kier alpha value is -1.63. The highest BCUT2D eigenvalue weighted by atomic mass is 32.2. The highest BCUT2D eigenvalue weighted by molar-refractivity contribution is 7.89. The molecule has 1 aromatic carbocycles. The van der Waals surface area contributed by atoms with Gasteiger partial charge in [-0.1, -0.05) is 25.5 Å². The number of nitrogens with zero attached hydrogens (tertiary/aromatic N) is 2. The molecule has 3 rings (SSSR count). The second kappa shape index (κ2) is 8.17. The van der Waals surface area contributed by atoms with Crippen LogP contribution in [0.2, 0.25) is 0 Å². The molecule has 0 unspecified atom stereocenters. The minimum Gasteiger partial charge on any atom is -0.468 e. The molecular formula is C19H26N2O3S. The van der Waals surface area contributed by atoms with Crippen LogP contribution in [0.1, 0.15) is 31.1 Å². The second-order valence-corrected chi connectivity index (χ2v) is 8.45. The summed E-state index contributed by atoms with van der Waals surface area (Å²) >= 11 is 0. The van der Waals surface area contributed by atoms with Crippen LogP contribution < -0.4 is 0 Å². The summed E-state index contributed by atoms with van der Waals surface area (Å²) < 4.78 is 32.6. The highest BCUT2D eigenvalue weighted by Gasteiger charge is 2.28. The molecule has 0 amide bonds. The van der Waals surface area contributed by atoms with Gasteiger partial charge in [0, 0.05) is 26.2 Å². The van der Waals surface area contributed by atoms with Crippen LogP contribution in [0, 0.1) is 0 Å². The first-order valence-corrected chi connectivity index (χ1v) is 10.4. The first kappa shape index (κ1) is 18.2. The van der Waals surface area contributed by atoms with E-state index in [2.05, 4.69) is 11.8 Å². The van der Waals surface area contributed by atoms with E-state index in [0.29, 0.717) is 31.1 Å². The van der Waals surface area contributed by atoms with Crippen molar-refractivity contribution >= 4 is 10.0 Å². The van der Waals surface area contributed by atoms with Gasteiger partial charge in [-0.05, 0) is 42.7 Å². The van der Waals surface area contributed by atoms with Gasteiger partial charge >= 0.3 is 0 Å². The van der Waals surface area contributed by atoms with Crippen LogP contribution in [0.3, 0.4) is 0 Å². The van der Waals surface area contributed by atoms with E-state index >= 15 is 0 Å². The van der Waals surface area contributed by atoms with E-state index in [4.69, 9.17) is 4.42 Å². The number of hydrogen-bond acceptors (Lipinski definition) is 4. The number of piperazine rings is 1. The molecule has 1 saturated heterocycles. The lowest BCUT2D eigenvalue weighted by Crippen LogP contribution is -2.48. The molecular weight excluding hydrogens is 336 g/mol. The lowest BCUT2D eigenvalue weighted by atomic mass is 10.1. The average Bonchev–Trinajstić information content (AvgIpc) is 3.14. The van der Waals surface area contributed by atoms with Gasteiger partial charge in [-0.15, -0.1) is 0 Å². The van der Waals surface area contributed by atoms with Crippen LogP contribution in [-0.2, 0) is 23.0 Å². The van der Waals surface area contributed by atoms with Crippen LogP contribution in [0.5, 0.6) is 0 Å². The quantitative estimate of drug-likeness (QED) is 0.759. The molecule has 25 heavy (non-hydrogen) atoms. The Bertz CT molecular complexity index is 746. The third kappa shape index (κ3) is 4.51. The molecule has 1 aliphatic heterocycles. The molecule has 0 saturated carbocycles. The molecule has 136 valence electrons. The van der Waals surface area contributed by atoms with Gasteiger partial charge in [0.05, 0.1) is 17.7 Å². The van der Waals surface area contributed by atoms with Gasteiger partial charge in [0.2, 0.25) is 10.0 Å². The van der Waals surface area contributed by atoms with Crippen LogP contribution in [0.4, 0.5) is 0 Å². The first-order chi connectivity index (χ1) is 12.1. The topological polar surface area (TPSA) is 53.8 Å². The minimum absolute atomic E-state index is 0.396. The van der Waals surface area contributed by atoms with Crippen molar-refractivity contribution in [3.8, 4) is 0 Å². The SMILES string of the molecule is CCCCc1ccc(S(=O)(=O)N2CCN(Cc3ccco3)CC2)cc1. The van der Waals surface area contributed by atoms with E-state index in [1.807, 2.05) is 24.3 Å². The molecule has 6 heteroatoms. The summed E-state index contributed by atoms with van der Waals surface area (Å²) in [5.74, 6) is 0.916. The van der Waals surface area contributed by atoms with E-state index in [1.165, 1.54) is 5.56 Å². The molecule has 2 aromatic rings. The molecule has 0 bridgehead atoms. The normalized spacial score (nSPS) is 17.0. The van der Waals surface area contributed by atoms with Gasteiger partial charge < -0.3 is 4.42 Å². The van der Waals surface area contributed by atoms with E-state index in [0.717, 1.165) is 31.6 Å². The monoisotopic (exact) mass is 362 g/mol. The summed E-state index contributed by atoms with van der Waals surface area (Å²) in [5.41, 5.74) is 1.20. The molecule has 5 nitrogen and oxygen atoms in total. The fourth-order valence-corrected chi connectivity index (χ4v) is 4.53. The molecule has 0 spiro atoms. The smallest absolute Gasteiger partial charge is 0.243 e. The Morgan fingerprint density at radius 2 is 1.76 bits per heavy atom. The van der Waals surface area contributed by atoms with Crippen LogP contribution in [0.15, 0.2) is 52.0 Å². The van der Waals surface area contributed by atoms with Crippen molar-refractivity contribution in [3.63, 3.8) is 0 Å². The molecule has 1 aliphatic rings. The number of hydrogen-bond donors (Lipinski definition) is 0. The number of unbranched alkanes of at least 4 members (excludes halogenated alkanes) is 1. The van der Waals surface area contributed by atoms with E-state index in [1.54, 1.807) is 22.7 Å². The average molecular weight is 362 g/mol. The van der Waals surface area contributed by atoms with Gasteiger partial charge in [0.1, 0.15) is 5.76 Å². The Morgan fingerprint density at radius 3 is 2.36 bits per heavy atom. The maximum Gasteiger partial charge on any atom is 0.243 e. The van der Waals surface area contributed by atoms with Crippen molar-refractivity contribution < 1.29 is 12.8 Å². The third-order valence-corrected chi connectivity index (χ3v) is 6.58. The molecule has 0 aliphatic carbocycles. The first-order valence-electron chi connectivity index (χ1n) is 8.93. The van der Waals surface area contributed by atoms with E-state index < -0.39 is 10.0 Å². The van der Waals surface area contributed by atoms with Crippen molar-refractivity contribution in [2.45, 2.75) is 37.6 Å². The fraction of sp³-hybridized carbons (Fsp3) is 0.474. The third-order valence-electron chi connectivity index (χ3n) is 4.67. The minimum atomic E-state index is -3.40. The molecule has 1 aromatic heterocycles. The molecule has 0 atom stereocenters. The van der Waals surface area contributed by atoms with Crippen molar-refractivity contribution in [1.82, 2.24) is 9.21 Å². The Morgan fingerprint density at radius 1 is 1.04 bits per heavy atom. The zero-order valence-corrected chi connectivity index (χ0v) is 15.5. The van der Waals surface area contributed by atoms with Crippen molar-refractivity contribution in [3.05, 3.63) is 54.0 Å². The predicted molar refractivity (Wildman–Crippen MR) is 97.8 cm³/mol. The number of rotatable bonds is 7. The zero-order valence-electron chi connectivity index (χ0n) is 14.7. The van der Waals surface area contributed by atoms with Crippen LogP contribution in [-0.4, -0.2) is 43.8 Å². The molecule has 0 N–H and O–H groups in total. The lowest BCUT2D eigenvalue weighted by Gasteiger charge is -2.33. The molecule has 0 radical (unpaired) electrons. The maximum atomic E-state index is 12.8. The fourth-order valence-electron chi connectivity index (χ4n) is 3.11. The lowest BCUT2D eigenvalue weighted by molar-refractivity contribution is 0.171. The largest absolute Gasteiger partial charge is 0.468 e. The second-order valence-electron chi connectivity index (χ2n) is 6.51. The highest BCUT2D eigenvalue weighted by Crippen LogP contribution is 2.19. The van der Waals surface area contributed by atoms with Crippen LogP contribution in [0.25, 0.3) is 0 Å². The van der Waals surface area contributed by atoms with Gasteiger partial charge in [0.25, 0.3) is 0 Å². The Balaban J connectivity index is 1.59. The number of sulfonamides is 1. The summed E-state index contributed by atoms with van der Waals surface area (Å²) in [7, 11) is -3.40. The number of aryl methyl sites for hydroxylation is 1. The molecule has 2 heterocycles. The van der Waals surface area contributed by atoms with Crippen molar-refractivity contribution in [2.75, 3.05) is 26.2 Å². The van der Waals surface area contributed by atoms with Crippen LogP contribution >= 0.6 is 0 Å². The summed E-state index contributed by atoms with van der Waals surface area (Å²) in [6.07, 6.45) is 4.94. The summed E-state index contributed by atoms with van der Waals surface area (Å²) in [4.78, 5) is 2.62. The standard InChI is InChI=1S/C19H26N2O3S/c1-2-3-5-17-7-9-19(10-8-17)25(22,23)21-13-11-20(12-14-21)16-18-6-4-15-24-18/h4,6-10,15H,2-3,5,11-14,16H2,1H3. The van der Waals surface area contributed by atoms with Crippen molar-refractivity contribution in [1.29, 1.82) is 0 Å². The summed E-state index contributed by atoms with van der Waals surface area (Å²) in [6.45, 7) is 5.35. The maximum absolute atomic E-state index is 12.8. The van der Waals surface area contributed by atoms with Gasteiger partial charge in [-0.25, -0.2) is 8.42 Å². The van der Waals surface area contributed by atoms with Gasteiger partial charge in [0.15, 0.2) is 0 Å². The van der Waals surface area contributed by atoms with E-state index in [-0.39, 0.29) is 0 Å². The molecule has 1 fully saturated rings. The van der Waals surface area contributed by atoms with Gasteiger partial charge in [-0.2, -0.15) is 4.31 Å². The summed E-state index contributed by atoms with van der Waals surface area (Å²) in [6, 6.07) is 11.2. The van der Waals surface area contributed by atoms with Crippen molar-refractivity contribution in [2.24, 2.45) is 0 Å². The Kier molecular flexibility index (Phi) is 5.93. The Labute approximate surface area is 150 Å². The summed E-state index contributed by atoms with van der Waals surface area (Å²) in [5, 5.41) is 0. The van der Waals surface area contributed by atoms with Gasteiger partial charge in [-0.3, -0.25) is 4.90 Å². The predicted octanol–water partition coefficient (Wildman–Crippen LogP) is 3.13. The number of furan rings is 1. The van der Waals surface area contributed by atoms with E-state index in [9.17, 15) is 8.42 Å². The zero-order chi connectivity index (χ0) is 17.7. The number of benzene rings is 1.